The maximum atomic E-state index is 12.2. The molecule has 1 saturated heterocycles. The summed E-state index contributed by atoms with van der Waals surface area (Å²) >= 11 is 0. The van der Waals surface area contributed by atoms with E-state index in [1.807, 2.05) is 36.1 Å². The molecule has 2 aromatic rings. The molecule has 0 aromatic heterocycles. The number of benzene rings is 2. The molecule has 2 N–H and O–H groups in total. The number of anilines is 1. The molecule has 0 bridgehead atoms. The zero-order valence-corrected chi connectivity index (χ0v) is 14.8. The Hall–Kier alpha value is -3.02. The first kappa shape index (κ1) is 17.8. The topological polar surface area (TPSA) is 70.7 Å². The molecule has 1 heterocycles. The summed E-state index contributed by atoms with van der Waals surface area (Å²) < 4.78 is 5.38. The van der Waals surface area contributed by atoms with E-state index in [0.717, 1.165) is 23.5 Å². The van der Waals surface area contributed by atoms with Crippen molar-refractivity contribution < 1.29 is 14.3 Å². The molecule has 3 rings (SSSR count). The van der Waals surface area contributed by atoms with Gasteiger partial charge >= 0.3 is 0 Å². The molecule has 2 amide bonds. The molecule has 0 atom stereocenters. The number of carbonyl (C=O) groups excluding carboxylic acids is 2. The van der Waals surface area contributed by atoms with Crippen molar-refractivity contribution in [3.05, 3.63) is 59.7 Å². The summed E-state index contributed by atoms with van der Waals surface area (Å²) in [5.74, 6) is 0.679. The summed E-state index contributed by atoms with van der Waals surface area (Å²) in [4.78, 5) is 25.8. The number of ether oxygens (including phenoxy) is 1. The Balaban J connectivity index is 1.54. The lowest BCUT2D eigenvalue weighted by Crippen LogP contribution is -2.47. The van der Waals surface area contributed by atoms with Crippen molar-refractivity contribution in [2.45, 2.75) is 13.5 Å². The number of nitrogens with one attached hydrogen (secondary N) is 2. The van der Waals surface area contributed by atoms with Crippen LogP contribution in [-0.2, 0) is 11.3 Å². The zero-order valence-electron chi connectivity index (χ0n) is 14.8. The summed E-state index contributed by atoms with van der Waals surface area (Å²) in [5.41, 5.74) is 2.63. The quantitative estimate of drug-likeness (QED) is 0.833. The summed E-state index contributed by atoms with van der Waals surface area (Å²) in [7, 11) is 0. The van der Waals surface area contributed by atoms with Crippen LogP contribution in [-0.4, -0.2) is 38.1 Å². The molecular formula is C20H23N3O3. The minimum Gasteiger partial charge on any atom is -0.494 e. The molecule has 2 aromatic carbocycles. The number of hydrogen-bond acceptors (Lipinski definition) is 4. The van der Waals surface area contributed by atoms with Gasteiger partial charge in [-0.25, -0.2) is 0 Å². The smallest absolute Gasteiger partial charge is 0.251 e. The van der Waals surface area contributed by atoms with Gasteiger partial charge in [0.05, 0.1) is 13.2 Å². The van der Waals surface area contributed by atoms with Gasteiger partial charge in [0.25, 0.3) is 5.91 Å². The van der Waals surface area contributed by atoms with E-state index >= 15 is 0 Å². The zero-order chi connectivity index (χ0) is 18.4. The monoisotopic (exact) mass is 353 g/mol. The van der Waals surface area contributed by atoms with E-state index in [4.69, 9.17) is 4.74 Å². The predicted molar refractivity (Wildman–Crippen MR) is 100 cm³/mol. The SMILES string of the molecule is CCOc1ccc(C(=O)NCc2ccc(N3CCNC(=O)C3)cc2)cc1. The van der Waals surface area contributed by atoms with Crippen molar-refractivity contribution in [2.75, 3.05) is 31.1 Å². The molecule has 0 saturated carbocycles. The highest BCUT2D eigenvalue weighted by Crippen LogP contribution is 2.16. The molecular weight excluding hydrogens is 330 g/mol. The maximum Gasteiger partial charge on any atom is 0.251 e. The number of amides is 2. The van der Waals surface area contributed by atoms with Crippen molar-refractivity contribution >= 4 is 17.5 Å². The van der Waals surface area contributed by atoms with E-state index in [9.17, 15) is 9.59 Å². The number of piperazine rings is 1. The third kappa shape index (κ3) is 4.53. The van der Waals surface area contributed by atoms with Crippen LogP contribution >= 0.6 is 0 Å². The molecule has 1 aliphatic rings. The van der Waals surface area contributed by atoms with Gasteiger partial charge in [0.1, 0.15) is 5.75 Å². The van der Waals surface area contributed by atoms with Crippen LogP contribution in [0.4, 0.5) is 5.69 Å². The van der Waals surface area contributed by atoms with Crippen LogP contribution in [0.15, 0.2) is 48.5 Å². The fourth-order valence-corrected chi connectivity index (χ4v) is 2.84. The average molecular weight is 353 g/mol. The van der Waals surface area contributed by atoms with Gasteiger partial charge in [-0.15, -0.1) is 0 Å². The Bertz CT molecular complexity index is 757. The molecule has 1 fully saturated rings. The lowest BCUT2D eigenvalue weighted by molar-refractivity contribution is -0.120. The van der Waals surface area contributed by atoms with Crippen LogP contribution in [0.25, 0.3) is 0 Å². The highest BCUT2D eigenvalue weighted by atomic mass is 16.5. The molecule has 0 unspecified atom stereocenters. The van der Waals surface area contributed by atoms with Crippen molar-refractivity contribution in [1.82, 2.24) is 10.6 Å². The Morgan fingerprint density at radius 3 is 2.54 bits per heavy atom. The van der Waals surface area contributed by atoms with Crippen LogP contribution in [0.2, 0.25) is 0 Å². The van der Waals surface area contributed by atoms with Crippen LogP contribution in [0.3, 0.4) is 0 Å². The van der Waals surface area contributed by atoms with Gasteiger partial charge in [-0.3, -0.25) is 9.59 Å². The largest absolute Gasteiger partial charge is 0.494 e. The van der Waals surface area contributed by atoms with Gasteiger partial charge in [-0.1, -0.05) is 12.1 Å². The molecule has 6 nitrogen and oxygen atoms in total. The Morgan fingerprint density at radius 1 is 1.15 bits per heavy atom. The molecule has 6 heteroatoms. The number of nitrogens with zero attached hydrogens (tertiary/aromatic N) is 1. The molecule has 0 radical (unpaired) electrons. The fourth-order valence-electron chi connectivity index (χ4n) is 2.84. The highest BCUT2D eigenvalue weighted by Gasteiger charge is 2.16. The minimum absolute atomic E-state index is 0.0444. The second-order valence-electron chi connectivity index (χ2n) is 6.08. The van der Waals surface area contributed by atoms with Crippen molar-refractivity contribution in [2.24, 2.45) is 0 Å². The van der Waals surface area contributed by atoms with E-state index in [1.165, 1.54) is 0 Å². The molecule has 26 heavy (non-hydrogen) atoms. The third-order valence-corrected chi connectivity index (χ3v) is 4.22. The summed E-state index contributed by atoms with van der Waals surface area (Å²) in [6.45, 7) is 4.83. The second-order valence-corrected chi connectivity index (χ2v) is 6.08. The first-order valence-corrected chi connectivity index (χ1v) is 8.77. The van der Waals surface area contributed by atoms with Gasteiger partial charge < -0.3 is 20.3 Å². The molecule has 1 aliphatic heterocycles. The first-order chi connectivity index (χ1) is 12.7. The minimum atomic E-state index is -0.121. The summed E-state index contributed by atoms with van der Waals surface area (Å²) in [5, 5.41) is 5.73. The van der Waals surface area contributed by atoms with Gasteiger partial charge in [-0.05, 0) is 48.9 Å². The van der Waals surface area contributed by atoms with Gasteiger partial charge in [-0.2, -0.15) is 0 Å². The van der Waals surface area contributed by atoms with Gasteiger partial charge in [0.2, 0.25) is 5.91 Å². The van der Waals surface area contributed by atoms with Crippen molar-refractivity contribution in [1.29, 1.82) is 0 Å². The van der Waals surface area contributed by atoms with Crippen LogP contribution in [0.1, 0.15) is 22.8 Å². The predicted octanol–water partition coefficient (Wildman–Crippen LogP) is 1.95. The normalized spacial score (nSPS) is 13.9. The third-order valence-electron chi connectivity index (χ3n) is 4.22. The Labute approximate surface area is 153 Å². The lowest BCUT2D eigenvalue weighted by atomic mass is 10.1. The molecule has 0 spiro atoms. The highest BCUT2D eigenvalue weighted by molar-refractivity contribution is 5.94. The van der Waals surface area contributed by atoms with E-state index in [2.05, 4.69) is 10.6 Å². The lowest BCUT2D eigenvalue weighted by Gasteiger charge is -2.28. The molecule has 0 aliphatic carbocycles. The van der Waals surface area contributed by atoms with Crippen molar-refractivity contribution in [3.63, 3.8) is 0 Å². The van der Waals surface area contributed by atoms with E-state index in [1.54, 1.807) is 24.3 Å². The average Bonchev–Trinajstić information content (AvgIpc) is 2.67. The van der Waals surface area contributed by atoms with Crippen LogP contribution < -0.4 is 20.3 Å². The van der Waals surface area contributed by atoms with Crippen LogP contribution in [0.5, 0.6) is 5.75 Å². The van der Waals surface area contributed by atoms with Crippen molar-refractivity contribution in [3.8, 4) is 5.75 Å². The van der Waals surface area contributed by atoms with E-state index in [0.29, 0.717) is 31.8 Å². The molecule has 136 valence electrons. The van der Waals surface area contributed by atoms with Gasteiger partial charge in [0.15, 0.2) is 0 Å². The van der Waals surface area contributed by atoms with Gasteiger partial charge in [0, 0.05) is 30.9 Å². The maximum absolute atomic E-state index is 12.2. The number of rotatable bonds is 6. The standard InChI is InChI=1S/C20H23N3O3/c1-2-26-18-9-5-16(6-10-18)20(25)22-13-15-3-7-17(8-4-15)23-12-11-21-19(24)14-23/h3-10H,2,11-14H2,1H3,(H,21,24)(H,22,25). The number of carbonyl (C=O) groups is 2. The van der Waals surface area contributed by atoms with E-state index in [-0.39, 0.29) is 11.8 Å². The Kier molecular flexibility index (Phi) is 5.73. The fraction of sp³-hybridized carbons (Fsp3) is 0.300. The first-order valence-electron chi connectivity index (χ1n) is 8.77. The second kappa shape index (κ2) is 8.38. The summed E-state index contributed by atoms with van der Waals surface area (Å²) in [6, 6.07) is 15.0. The Morgan fingerprint density at radius 2 is 1.88 bits per heavy atom. The summed E-state index contributed by atoms with van der Waals surface area (Å²) in [6.07, 6.45) is 0. The number of hydrogen-bond donors (Lipinski definition) is 2. The van der Waals surface area contributed by atoms with Crippen LogP contribution in [0, 0.1) is 0 Å². The van der Waals surface area contributed by atoms with E-state index < -0.39 is 0 Å².